The molecule has 0 aliphatic heterocycles. The molecule has 0 fully saturated rings. The van der Waals surface area contributed by atoms with Gasteiger partial charge in [-0.1, -0.05) is 56.3 Å². The van der Waals surface area contributed by atoms with E-state index in [0.717, 1.165) is 28.7 Å². The lowest BCUT2D eigenvalue weighted by Crippen LogP contribution is -2.40. The number of ether oxygens (including phenoxy) is 2. The Morgan fingerprint density at radius 3 is 2.31 bits per heavy atom. The monoisotopic (exact) mass is 532 g/mol. The molecule has 3 aromatic rings. The van der Waals surface area contributed by atoms with Crippen molar-refractivity contribution in [2.45, 2.75) is 59.2 Å². The molecule has 39 heavy (non-hydrogen) atoms. The van der Waals surface area contributed by atoms with Gasteiger partial charge in [0.2, 0.25) is 0 Å². The zero-order chi connectivity index (χ0) is 28.6. The van der Waals surface area contributed by atoms with Gasteiger partial charge >= 0.3 is 12.1 Å². The Labute approximate surface area is 231 Å². The minimum atomic E-state index is -0.874. The van der Waals surface area contributed by atoms with Crippen LogP contribution in [0.2, 0.25) is 0 Å². The molecule has 0 aliphatic rings. The number of carbonyl (C=O) groups is 2. The fourth-order valence-electron chi connectivity index (χ4n) is 4.29. The van der Waals surface area contributed by atoms with Gasteiger partial charge in [-0.25, -0.2) is 9.59 Å². The number of rotatable bonds is 10. The van der Waals surface area contributed by atoms with Crippen molar-refractivity contribution < 1.29 is 24.2 Å². The maximum atomic E-state index is 12.9. The van der Waals surface area contributed by atoms with Gasteiger partial charge < -0.3 is 19.5 Å². The van der Waals surface area contributed by atoms with E-state index in [0.29, 0.717) is 30.0 Å². The third-order valence-electron chi connectivity index (χ3n) is 6.21. The fraction of sp³-hybridized carbons (Fsp3) is 0.406. The topological polar surface area (TPSA) is 89.0 Å². The molecule has 3 rings (SSSR count). The summed E-state index contributed by atoms with van der Waals surface area (Å²) in [7, 11) is 1.40. The number of hydrogen-bond donors (Lipinski definition) is 1. The SMILES string of the molecule is COC(=O)c1ccc(-c2ccc(CCN(C[C@@H](O)c3cccnc3)C(=O)OC(C)(C)C)cc2)cc1CC(C)C. The van der Waals surface area contributed by atoms with Gasteiger partial charge in [-0.2, -0.15) is 0 Å². The van der Waals surface area contributed by atoms with Crippen LogP contribution in [-0.4, -0.2) is 52.9 Å². The zero-order valence-electron chi connectivity index (χ0n) is 23.8. The highest BCUT2D eigenvalue weighted by atomic mass is 16.6. The van der Waals surface area contributed by atoms with Crippen LogP contribution in [0.5, 0.6) is 0 Å². The van der Waals surface area contributed by atoms with Crippen molar-refractivity contribution in [1.29, 1.82) is 0 Å². The van der Waals surface area contributed by atoms with Crippen LogP contribution >= 0.6 is 0 Å². The maximum Gasteiger partial charge on any atom is 0.410 e. The molecule has 208 valence electrons. The number of aliphatic hydroxyl groups excluding tert-OH is 1. The lowest BCUT2D eigenvalue weighted by atomic mass is 9.93. The first-order valence-electron chi connectivity index (χ1n) is 13.3. The summed E-state index contributed by atoms with van der Waals surface area (Å²) in [6, 6.07) is 17.5. The molecule has 1 amide bonds. The molecule has 0 radical (unpaired) electrons. The quantitative estimate of drug-likeness (QED) is 0.311. The van der Waals surface area contributed by atoms with Crippen LogP contribution in [0.25, 0.3) is 11.1 Å². The van der Waals surface area contributed by atoms with E-state index >= 15 is 0 Å². The van der Waals surface area contributed by atoms with Crippen LogP contribution in [0.3, 0.4) is 0 Å². The summed E-state index contributed by atoms with van der Waals surface area (Å²) in [5.74, 6) is 0.0753. The standard InChI is InChI=1S/C32H40N2O5/c1-22(2)18-27-19-25(13-14-28(27)30(36)38-6)24-11-9-23(10-12-24)15-17-34(31(37)39-32(3,4)5)21-29(35)26-8-7-16-33-20-26/h7-14,16,19-20,22,29,35H,15,17-18,21H2,1-6H3/t29-/m1/s1. The summed E-state index contributed by atoms with van der Waals surface area (Å²) in [5, 5.41) is 10.7. The summed E-state index contributed by atoms with van der Waals surface area (Å²) in [5.41, 5.74) is 4.69. The first-order chi connectivity index (χ1) is 18.5. The van der Waals surface area contributed by atoms with Crippen molar-refractivity contribution in [2.75, 3.05) is 20.2 Å². The Morgan fingerprint density at radius 1 is 1.03 bits per heavy atom. The van der Waals surface area contributed by atoms with Gasteiger partial charge in [0.25, 0.3) is 0 Å². The van der Waals surface area contributed by atoms with E-state index in [2.05, 4.69) is 24.9 Å². The normalized spacial score (nSPS) is 12.2. The van der Waals surface area contributed by atoms with E-state index in [1.807, 2.05) is 57.2 Å². The van der Waals surface area contributed by atoms with Gasteiger partial charge in [0.15, 0.2) is 0 Å². The molecule has 0 aliphatic carbocycles. The van der Waals surface area contributed by atoms with Crippen LogP contribution in [-0.2, 0) is 22.3 Å². The second-order valence-corrected chi connectivity index (χ2v) is 11.1. The maximum absolute atomic E-state index is 12.9. The van der Waals surface area contributed by atoms with Gasteiger partial charge in [-0.05, 0) is 73.9 Å². The Bertz CT molecular complexity index is 1230. The predicted molar refractivity (Wildman–Crippen MR) is 152 cm³/mol. The summed E-state index contributed by atoms with van der Waals surface area (Å²) >= 11 is 0. The lowest BCUT2D eigenvalue weighted by Gasteiger charge is -2.29. The number of methoxy groups -OCH3 is 1. The summed E-state index contributed by atoms with van der Waals surface area (Å²) < 4.78 is 10.6. The van der Waals surface area contributed by atoms with E-state index < -0.39 is 17.8 Å². The van der Waals surface area contributed by atoms with Crippen LogP contribution in [0.15, 0.2) is 67.0 Å². The molecule has 1 aromatic heterocycles. The van der Waals surface area contributed by atoms with Gasteiger partial charge in [-0.3, -0.25) is 4.98 Å². The Morgan fingerprint density at radius 2 is 1.72 bits per heavy atom. The Hall–Kier alpha value is -3.71. The molecule has 0 saturated heterocycles. The second-order valence-electron chi connectivity index (χ2n) is 11.1. The number of esters is 1. The van der Waals surface area contributed by atoms with E-state index in [1.165, 1.54) is 7.11 Å². The van der Waals surface area contributed by atoms with Crippen molar-refractivity contribution >= 4 is 12.1 Å². The van der Waals surface area contributed by atoms with Crippen molar-refractivity contribution in [1.82, 2.24) is 9.88 Å². The van der Waals surface area contributed by atoms with Gasteiger partial charge in [0.05, 0.1) is 25.3 Å². The lowest BCUT2D eigenvalue weighted by molar-refractivity contribution is 0.0146. The first kappa shape index (κ1) is 29.8. The summed E-state index contributed by atoms with van der Waals surface area (Å²) in [6.45, 7) is 10.2. The highest BCUT2D eigenvalue weighted by molar-refractivity contribution is 5.92. The zero-order valence-corrected chi connectivity index (χ0v) is 23.8. The van der Waals surface area contributed by atoms with Gasteiger partial charge in [-0.15, -0.1) is 0 Å². The highest BCUT2D eigenvalue weighted by Crippen LogP contribution is 2.26. The third-order valence-corrected chi connectivity index (χ3v) is 6.21. The summed E-state index contributed by atoms with van der Waals surface area (Å²) in [6.07, 6.45) is 3.28. The highest BCUT2D eigenvalue weighted by Gasteiger charge is 2.24. The van der Waals surface area contributed by atoms with Crippen molar-refractivity contribution in [2.24, 2.45) is 5.92 Å². The molecule has 1 heterocycles. The van der Waals surface area contributed by atoms with E-state index in [9.17, 15) is 14.7 Å². The molecule has 0 bridgehead atoms. The minimum absolute atomic E-state index is 0.101. The van der Waals surface area contributed by atoms with E-state index in [4.69, 9.17) is 9.47 Å². The van der Waals surface area contributed by atoms with Crippen LogP contribution in [0, 0.1) is 5.92 Å². The predicted octanol–water partition coefficient (Wildman–Crippen LogP) is 6.25. The smallest absolute Gasteiger partial charge is 0.410 e. The Balaban J connectivity index is 1.75. The number of carbonyl (C=O) groups excluding carboxylic acids is 2. The number of aliphatic hydroxyl groups is 1. The molecule has 0 saturated carbocycles. The molecular formula is C32H40N2O5. The molecule has 7 nitrogen and oxygen atoms in total. The Kier molecular flexibility index (Phi) is 10.2. The molecule has 1 atom stereocenters. The van der Waals surface area contributed by atoms with Crippen LogP contribution in [0.4, 0.5) is 4.79 Å². The fourth-order valence-corrected chi connectivity index (χ4v) is 4.29. The van der Waals surface area contributed by atoms with Crippen LogP contribution in [0.1, 0.15) is 67.8 Å². The number of benzene rings is 2. The average Bonchev–Trinajstić information content (AvgIpc) is 2.90. The molecular weight excluding hydrogens is 492 g/mol. The minimum Gasteiger partial charge on any atom is -0.465 e. The number of amides is 1. The molecule has 1 N–H and O–H groups in total. The first-order valence-corrected chi connectivity index (χ1v) is 13.3. The van der Waals surface area contributed by atoms with Crippen molar-refractivity contribution in [3.8, 4) is 11.1 Å². The summed E-state index contributed by atoms with van der Waals surface area (Å²) in [4.78, 5) is 30.8. The van der Waals surface area contributed by atoms with Gasteiger partial charge in [0.1, 0.15) is 5.60 Å². The molecule has 0 spiro atoms. The molecule has 0 unspecified atom stereocenters. The van der Waals surface area contributed by atoms with E-state index in [1.54, 1.807) is 29.4 Å². The average molecular weight is 533 g/mol. The number of aromatic nitrogens is 1. The van der Waals surface area contributed by atoms with Crippen molar-refractivity contribution in [3.05, 3.63) is 89.2 Å². The number of nitrogens with zero attached hydrogens (tertiary/aromatic N) is 2. The van der Waals surface area contributed by atoms with Gasteiger partial charge in [0, 0.05) is 24.5 Å². The molecule has 2 aromatic carbocycles. The number of hydrogen-bond acceptors (Lipinski definition) is 6. The van der Waals surface area contributed by atoms with Crippen molar-refractivity contribution in [3.63, 3.8) is 0 Å². The van der Waals surface area contributed by atoms with Crippen LogP contribution < -0.4 is 0 Å². The molecule has 7 heteroatoms. The number of pyridine rings is 1. The third kappa shape index (κ3) is 8.93. The largest absolute Gasteiger partial charge is 0.465 e. The van der Waals surface area contributed by atoms with E-state index in [-0.39, 0.29) is 12.5 Å². The second kappa shape index (κ2) is 13.4.